The van der Waals surface area contributed by atoms with E-state index in [1.807, 2.05) is 55.6 Å². The molecule has 21 heavy (non-hydrogen) atoms. The van der Waals surface area contributed by atoms with Crippen molar-refractivity contribution in [1.82, 2.24) is 5.32 Å². The maximum atomic E-state index is 6.36. The number of hydrogen-bond donors (Lipinski definition) is 1. The Morgan fingerprint density at radius 1 is 0.714 bits per heavy atom. The number of nitrogens with one attached hydrogen (secondary N) is 1. The molecule has 106 valence electrons. The molecule has 3 aromatic carbocycles. The molecule has 0 aliphatic rings. The van der Waals surface area contributed by atoms with Crippen LogP contribution in [0.4, 0.5) is 0 Å². The molecule has 1 nitrogen and oxygen atoms in total. The number of benzene rings is 3. The predicted octanol–water partition coefficient (Wildman–Crippen LogP) is 5.46. The van der Waals surface area contributed by atoms with E-state index < -0.39 is 0 Å². The largest absolute Gasteiger partial charge is 0.309 e. The number of halogens is 2. The van der Waals surface area contributed by atoms with E-state index in [2.05, 4.69) is 17.4 Å². The lowest BCUT2D eigenvalue weighted by Gasteiger charge is -2.21. The molecule has 0 bridgehead atoms. The highest BCUT2D eigenvalue weighted by molar-refractivity contribution is 6.35. The highest BCUT2D eigenvalue weighted by atomic mass is 35.5. The summed E-state index contributed by atoms with van der Waals surface area (Å²) in [5.41, 5.74) is 2.24. The van der Waals surface area contributed by atoms with E-state index in [4.69, 9.17) is 23.2 Å². The van der Waals surface area contributed by atoms with Gasteiger partial charge in [-0.1, -0.05) is 71.7 Å². The molecule has 0 amide bonds. The van der Waals surface area contributed by atoms with Gasteiger partial charge in [0.15, 0.2) is 0 Å². The normalized spacial score (nSPS) is 12.5. The molecule has 0 aliphatic carbocycles. The first-order chi connectivity index (χ1) is 10.2. The van der Waals surface area contributed by atoms with Crippen molar-refractivity contribution in [3.63, 3.8) is 0 Å². The molecular weight excluding hydrogens is 301 g/mol. The molecule has 0 saturated heterocycles. The van der Waals surface area contributed by atoms with Crippen LogP contribution in [0.2, 0.25) is 10.0 Å². The third kappa shape index (κ3) is 2.65. The smallest absolute Gasteiger partial charge is 0.0595 e. The average molecular weight is 316 g/mol. The number of rotatable bonds is 3. The van der Waals surface area contributed by atoms with Gasteiger partial charge in [-0.05, 0) is 35.7 Å². The zero-order valence-electron chi connectivity index (χ0n) is 11.6. The minimum Gasteiger partial charge on any atom is -0.309 e. The summed E-state index contributed by atoms with van der Waals surface area (Å²) >= 11 is 12.7. The van der Waals surface area contributed by atoms with Gasteiger partial charge in [0.1, 0.15) is 0 Å². The standard InChI is InChI=1S/C18H15Cl2N/c1-21-18(15-8-4-5-9-16(15)19)14-10-11-17(20)13-7-3-2-6-12(13)14/h2-11,18,21H,1H3. The average Bonchev–Trinajstić information content (AvgIpc) is 2.52. The summed E-state index contributed by atoms with van der Waals surface area (Å²) in [6.45, 7) is 0. The lowest BCUT2D eigenvalue weighted by atomic mass is 9.94. The second kappa shape index (κ2) is 6.07. The van der Waals surface area contributed by atoms with Crippen molar-refractivity contribution >= 4 is 34.0 Å². The molecule has 3 rings (SSSR count). The van der Waals surface area contributed by atoms with Gasteiger partial charge < -0.3 is 5.32 Å². The summed E-state index contributed by atoms with van der Waals surface area (Å²) in [4.78, 5) is 0. The summed E-state index contributed by atoms with van der Waals surface area (Å²) in [6, 6.07) is 20.1. The lowest BCUT2D eigenvalue weighted by molar-refractivity contribution is 0.697. The van der Waals surface area contributed by atoms with E-state index in [1.54, 1.807) is 0 Å². The maximum Gasteiger partial charge on any atom is 0.0595 e. The minimum atomic E-state index is 0.0286. The van der Waals surface area contributed by atoms with Crippen LogP contribution < -0.4 is 5.32 Å². The molecule has 0 aliphatic heterocycles. The molecule has 1 N–H and O–H groups in total. The van der Waals surface area contributed by atoms with Crippen LogP contribution in [0.3, 0.4) is 0 Å². The monoisotopic (exact) mass is 315 g/mol. The lowest BCUT2D eigenvalue weighted by Crippen LogP contribution is -2.18. The fraction of sp³-hybridized carbons (Fsp3) is 0.111. The zero-order chi connectivity index (χ0) is 14.8. The van der Waals surface area contributed by atoms with Gasteiger partial charge in [0.05, 0.1) is 6.04 Å². The first-order valence-electron chi connectivity index (χ1n) is 6.81. The number of hydrogen-bond acceptors (Lipinski definition) is 1. The van der Waals surface area contributed by atoms with E-state index in [9.17, 15) is 0 Å². The van der Waals surface area contributed by atoms with Crippen molar-refractivity contribution in [3.05, 3.63) is 81.8 Å². The van der Waals surface area contributed by atoms with Gasteiger partial charge in [-0.2, -0.15) is 0 Å². The summed E-state index contributed by atoms with van der Waals surface area (Å²) in [5.74, 6) is 0. The van der Waals surface area contributed by atoms with Crippen LogP contribution >= 0.6 is 23.2 Å². The third-order valence-corrected chi connectivity index (χ3v) is 4.39. The van der Waals surface area contributed by atoms with Crippen LogP contribution in [0.15, 0.2) is 60.7 Å². The van der Waals surface area contributed by atoms with E-state index in [0.717, 1.165) is 26.4 Å². The Hall–Kier alpha value is -1.54. The molecule has 0 radical (unpaired) electrons. The van der Waals surface area contributed by atoms with Crippen molar-refractivity contribution in [2.75, 3.05) is 7.05 Å². The van der Waals surface area contributed by atoms with Crippen LogP contribution in [0.1, 0.15) is 17.2 Å². The van der Waals surface area contributed by atoms with Gasteiger partial charge in [0.2, 0.25) is 0 Å². The SMILES string of the molecule is CNC(c1ccccc1Cl)c1ccc(Cl)c2ccccc12. The molecule has 1 atom stereocenters. The topological polar surface area (TPSA) is 12.0 Å². The maximum absolute atomic E-state index is 6.36. The van der Waals surface area contributed by atoms with Crippen LogP contribution in [0, 0.1) is 0 Å². The second-order valence-electron chi connectivity index (χ2n) is 4.93. The molecule has 0 aromatic heterocycles. The van der Waals surface area contributed by atoms with Gasteiger partial charge in [-0.25, -0.2) is 0 Å². The summed E-state index contributed by atoms with van der Waals surface area (Å²) in [5, 5.41) is 7.09. The van der Waals surface area contributed by atoms with Gasteiger partial charge in [-0.3, -0.25) is 0 Å². The van der Waals surface area contributed by atoms with Crippen molar-refractivity contribution < 1.29 is 0 Å². The van der Waals surface area contributed by atoms with Crippen molar-refractivity contribution in [1.29, 1.82) is 0 Å². The van der Waals surface area contributed by atoms with Crippen molar-refractivity contribution in [3.8, 4) is 0 Å². The van der Waals surface area contributed by atoms with Gasteiger partial charge in [0.25, 0.3) is 0 Å². The van der Waals surface area contributed by atoms with E-state index in [-0.39, 0.29) is 6.04 Å². The minimum absolute atomic E-state index is 0.0286. The van der Waals surface area contributed by atoms with Gasteiger partial charge in [-0.15, -0.1) is 0 Å². The highest BCUT2D eigenvalue weighted by Crippen LogP contribution is 2.34. The van der Waals surface area contributed by atoms with E-state index in [0.29, 0.717) is 0 Å². The fourth-order valence-electron chi connectivity index (χ4n) is 2.73. The van der Waals surface area contributed by atoms with Crippen LogP contribution in [-0.2, 0) is 0 Å². The summed E-state index contributed by atoms with van der Waals surface area (Å²) in [7, 11) is 1.94. The Kier molecular flexibility index (Phi) is 4.16. The number of fused-ring (bicyclic) bond motifs is 1. The summed E-state index contributed by atoms with van der Waals surface area (Å²) < 4.78 is 0. The van der Waals surface area contributed by atoms with Crippen molar-refractivity contribution in [2.45, 2.75) is 6.04 Å². The molecular formula is C18H15Cl2N. The molecule has 0 spiro atoms. The third-order valence-electron chi connectivity index (χ3n) is 3.72. The molecule has 0 heterocycles. The highest BCUT2D eigenvalue weighted by Gasteiger charge is 2.17. The Balaban J connectivity index is 2.23. The van der Waals surface area contributed by atoms with Crippen LogP contribution in [0.5, 0.6) is 0 Å². The Bertz CT molecular complexity index is 783. The van der Waals surface area contributed by atoms with Gasteiger partial charge in [0, 0.05) is 15.4 Å². The Morgan fingerprint density at radius 3 is 2.10 bits per heavy atom. The Labute approximate surface area is 134 Å². The Morgan fingerprint density at radius 2 is 1.38 bits per heavy atom. The quantitative estimate of drug-likeness (QED) is 0.677. The van der Waals surface area contributed by atoms with Crippen LogP contribution in [-0.4, -0.2) is 7.05 Å². The zero-order valence-corrected chi connectivity index (χ0v) is 13.1. The van der Waals surface area contributed by atoms with E-state index >= 15 is 0 Å². The van der Waals surface area contributed by atoms with E-state index in [1.165, 1.54) is 5.56 Å². The van der Waals surface area contributed by atoms with Gasteiger partial charge >= 0.3 is 0 Å². The van der Waals surface area contributed by atoms with Crippen molar-refractivity contribution in [2.24, 2.45) is 0 Å². The predicted molar refractivity (Wildman–Crippen MR) is 91.3 cm³/mol. The molecule has 3 aromatic rings. The fourth-order valence-corrected chi connectivity index (χ4v) is 3.20. The molecule has 3 heteroatoms. The second-order valence-corrected chi connectivity index (χ2v) is 5.74. The first-order valence-corrected chi connectivity index (χ1v) is 7.57. The summed E-state index contributed by atoms with van der Waals surface area (Å²) in [6.07, 6.45) is 0. The first kappa shape index (κ1) is 14.4. The molecule has 1 unspecified atom stereocenters. The molecule has 0 saturated carbocycles. The van der Waals surface area contributed by atoms with Crippen LogP contribution in [0.25, 0.3) is 10.8 Å². The molecule has 0 fully saturated rings.